The van der Waals surface area contributed by atoms with E-state index in [4.69, 9.17) is 10.5 Å². The average molecular weight is 184 g/mol. The number of rotatable bonds is 1. The molecule has 2 aliphatic heterocycles. The number of ether oxygens (including phenoxy) is 1. The van der Waals surface area contributed by atoms with E-state index in [0.29, 0.717) is 12.0 Å². The summed E-state index contributed by atoms with van der Waals surface area (Å²) in [6.45, 7) is 4.14. The Morgan fingerprint density at radius 2 is 1.92 bits per heavy atom. The fraction of sp³-hybridized carbons (Fsp3) is 1.00. The van der Waals surface area contributed by atoms with Crippen LogP contribution in [0.15, 0.2) is 0 Å². The van der Waals surface area contributed by atoms with Gasteiger partial charge in [-0.05, 0) is 31.7 Å². The van der Waals surface area contributed by atoms with Crippen LogP contribution in [-0.2, 0) is 4.74 Å². The Bertz CT molecular complexity index is 168. The standard InChI is InChI=1S/C10H20N2O/c1-12-6-9(10(11)7-12)8-2-4-13-5-3-8/h8-10H,2-7,11H2,1H3/t9-,10+/m0/s1. The smallest absolute Gasteiger partial charge is 0.0468 e. The summed E-state index contributed by atoms with van der Waals surface area (Å²) in [7, 11) is 2.17. The zero-order chi connectivity index (χ0) is 9.26. The van der Waals surface area contributed by atoms with Crippen LogP contribution in [0.1, 0.15) is 12.8 Å². The Balaban J connectivity index is 1.91. The molecule has 0 aromatic heterocycles. The highest BCUT2D eigenvalue weighted by Crippen LogP contribution is 2.29. The zero-order valence-electron chi connectivity index (χ0n) is 8.41. The quantitative estimate of drug-likeness (QED) is 0.637. The average Bonchev–Trinajstić information content (AvgIpc) is 2.47. The van der Waals surface area contributed by atoms with E-state index in [2.05, 4.69) is 11.9 Å². The van der Waals surface area contributed by atoms with Gasteiger partial charge in [0.25, 0.3) is 0 Å². The largest absolute Gasteiger partial charge is 0.381 e. The van der Waals surface area contributed by atoms with Gasteiger partial charge in [0.05, 0.1) is 0 Å². The van der Waals surface area contributed by atoms with Crippen molar-refractivity contribution in [1.29, 1.82) is 0 Å². The number of likely N-dealkylation sites (N-methyl/N-ethyl adjacent to an activating group) is 1. The molecule has 0 aromatic rings. The van der Waals surface area contributed by atoms with Crippen LogP contribution in [0.25, 0.3) is 0 Å². The van der Waals surface area contributed by atoms with Crippen LogP contribution in [0.2, 0.25) is 0 Å². The first-order valence-corrected chi connectivity index (χ1v) is 5.29. The molecule has 2 aliphatic rings. The van der Waals surface area contributed by atoms with Crippen molar-refractivity contribution in [2.45, 2.75) is 18.9 Å². The Kier molecular flexibility index (Phi) is 2.86. The Hall–Kier alpha value is -0.120. The second kappa shape index (κ2) is 3.95. The Morgan fingerprint density at radius 1 is 1.23 bits per heavy atom. The lowest BCUT2D eigenvalue weighted by Crippen LogP contribution is -2.36. The molecule has 76 valence electrons. The summed E-state index contributed by atoms with van der Waals surface area (Å²) in [5.41, 5.74) is 6.12. The number of nitrogens with zero attached hydrogens (tertiary/aromatic N) is 1. The summed E-state index contributed by atoms with van der Waals surface area (Å²) >= 11 is 0. The predicted molar refractivity (Wildman–Crippen MR) is 52.5 cm³/mol. The van der Waals surface area contributed by atoms with Gasteiger partial charge in [-0.3, -0.25) is 0 Å². The van der Waals surface area contributed by atoms with E-state index in [1.807, 2.05) is 0 Å². The number of hydrogen-bond donors (Lipinski definition) is 1. The molecule has 3 heteroatoms. The molecule has 2 saturated heterocycles. The Labute approximate surface area is 80.2 Å². The summed E-state index contributed by atoms with van der Waals surface area (Å²) in [5.74, 6) is 1.53. The number of likely N-dealkylation sites (tertiary alicyclic amines) is 1. The molecule has 3 nitrogen and oxygen atoms in total. The third-order valence-electron chi connectivity index (χ3n) is 3.47. The van der Waals surface area contributed by atoms with Gasteiger partial charge in [0, 0.05) is 32.3 Å². The summed E-state index contributed by atoms with van der Waals surface area (Å²) in [6, 6.07) is 0.396. The van der Waals surface area contributed by atoms with Gasteiger partial charge in [0.1, 0.15) is 0 Å². The van der Waals surface area contributed by atoms with Gasteiger partial charge in [-0.1, -0.05) is 0 Å². The number of nitrogens with two attached hydrogens (primary N) is 1. The molecule has 0 aromatic carbocycles. The van der Waals surface area contributed by atoms with Gasteiger partial charge in [-0.2, -0.15) is 0 Å². The topological polar surface area (TPSA) is 38.5 Å². The van der Waals surface area contributed by atoms with Gasteiger partial charge in [-0.25, -0.2) is 0 Å². The minimum Gasteiger partial charge on any atom is -0.381 e. The first-order chi connectivity index (χ1) is 6.27. The molecule has 0 amide bonds. The fourth-order valence-corrected chi connectivity index (χ4v) is 2.71. The van der Waals surface area contributed by atoms with Crippen molar-refractivity contribution in [3.63, 3.8) is 0 Å². The van der Waals surface area contributed by atoms with Crippen LogP contribution < -0.4 is 5.73 Å². The second-order valence-electron chi connectivity index (χ2n) is 4.50. The minimum absolute atomic E-state index is 0.396. The van der Waals surface area contributed by atoms with E-state index in [9.17, 15) is 0 Å². The maximum Gasteiger partial charge on any atom is 0.0468 e. The van der Waals surface area contributed by atoms with Crippen LogP contribution >= 0.6 is 0 Å². The van der Waals surface area contributed by atoms with E-state index in [1.165, 1.54) is 19.4 Å². The van der Waals surface area contributed by atoms with Gasteiger partial charge >= 0.3 is 0 Å². The zero-order valence-corrected chi connectivity index (χ0v) is 8.41. The number of hydrogen-bond acceptors (Lipinski definition) is 3. The van der Waals surface area contributed by atoms with E-state index in [1.54, 1.807) is 0 Å². The summed E-state index contributed by atoms with van der Waals surface area (Å²) in [5, 5.41) is 0. The first kappa shape index (κ1) is 9.44. The highest BCUT2D eigenvalue weighted by molar-refractivity contribution is 4.89. The van der Waals surface area contributed by atoms with Crippen molar-refractivity contribution < 1.29 is 4.74 Å². The normalized spacial score (nSPS) is 38.3. The van der Waals surface area contributed by atoms with Crippen molar-refractivity contribution in [3.8, 4) is 0 Å². The third-order valence-corrected chi connectivity index (χ3v) is 3.47. The molecular formula is C10H20N2O. The SMILES string of the molecule is CN1C[C@@H](N)[C@H](C2CCOCC2)C1. The molecule has 0 radical (unpaired) electrons. The van der Waals surface area contributed by atoms with Gasteiger partial charge in [0.15, 0.2) is 0 Å². The van der Waals surface area contributed by atoms with Crippen molar-refractivity contribution in [1.82, 2.24) is 4.90 Å². The lowest BCUT2D eigenvalue weighted by Gasteiger charge is -2.29. The van der Waals surface area contributed by atoms with Crippen molar-refractivity contribution in [2.24, 2.45) is 17.6 Å². The van der Waals surface area contributed by atoms with E-state index in [0.717, 1.165) is 25.7 Å². The van der Waals surface area contributed by atoms with Crippen LogP contribution in [0.4, 0.5) is 0 Å². The molecule has 2 fully saturated rings. The molecule has 0 unspecified atom stereocenters. The van der Waals surface area contributed by atoms with E-state index >= 15 is 0 Å². The van der Waals surface area contributed by atoms with Crippen molar-refractivity contribution in [2.75, 3.05) is 33.4 Å². The Morgan fingerprint density at radius 3 is 2.46 bits per heavy atom. The molecule has 2 atom stereocenters. The molecule has 0 aliphatic carbocycles. The summed E-state index contributed by atoms with van der Waals surface area (Å²) in [4.78, 5) is 2.35. The molecular weight excluding hydrogens is 164 g/mol. The van der Waals surface area contributed by atoms with Gasteiger partial charge in [-0.15, -0.1) is 0 Å². The van der Waals surface area contributed by atoms with E-state index in [-0.39, 0.29) is 0 Å². The lowest BCUT2D eigenvalue weighted by molar-refractivity contribution is 0.0462. The van der Waals surface area contributed by atoms with Gasteiger partial charge < -0.3 is 15.4 Å². The second-order valence-corrected chi connectivity index (χ2v) is 4.50. The molecule has 0 bridgehead atoms. The van der Waals surface area contributed by atoms with Crippen molar-refractivity contribution in [3.05, 3.63) is 0 Å². The first-order valence-electron chi connectivity index (χ1n) is 5.29. The van der Waals surface area contributed by atoms with Crippen LogP contribution in [0, 0.1) is 11.8 Å². The monoisotopic (exact) mass is 184 g/mol. The maximum atomic E-state index is 6.12. The van der Waals surface area contributed by atoms with Crippen LogP contribution in [-0.4, -0.2) is 44.3 Å². The minimum atomic E-state index is 0.396. The van der Waals surface area contributed by atoms with Gasteiger partial charge in [0.2, 0.25) is 0 Å². The fourth-order valence-electron chi connectivity index (χ4n) is 2.71. The molecule has 2 heterocycles. The molecule has 0 saturated carbocycles. The third kappa shape index (κ3) is 2.03. The predicted octanol–water partition coefficient (Wildman–Crippen LogP) is 0.302. The highest BCUT2D eigenvalue weighted by atomic mass is 16.5. The van der Waals surface area contributed by atoms with Crippen LogP contribution in [0.5, 0.6) is 0 Å². The molecule has 0 spiro atoms. The highest BCUT2D eigenvalue weighted by Gasteiger charge is 2.34. The molecule has 13 heavy (non-hydrogen) atoms. The van der Waals surface area contributed by atoms with Crippen molar-refractivity contribution >= 4 is 0 Å². The molecule has 2 N–H and O–H groups in total. The maximum absolute atomic E-state index is 6.12. The lowest BCUT2D eigenvalue weighted by atomic mass is 9.83. The van der Waals surface area contributed by atoms with Crippen LogP contribution in [0.3, 0.4) is 0 Å². The summed E-state index contributed by atoms with van der Waals surface area (Å²) in [6.07, 6.45) is 2.43. The van der Waals surface area contributed by atoms with E-state index < -0.39 is 0 Å². The molecule has 2 rings (SSSR count). The summed E-state index contributed by atoms with van der Waals surface area (Å²) < 4.78 is 5.37.